The largest absolute Gasteiger partial charge is 0.343 e. The van der Waals surface area contributed by atoms with E-state index in [9.17, 15) is 4.79 Å². The average Bonchev–Trinajstić information content (AvgIpc) is 2.41. The fraction of sp³-hybridized carbons (Fsp3) is 0.929. The van der Waals surface area contributed by atoms with Crippen molar-refractivity contribution in [1.82, 2.24) is 4.90 Å². The highest BCUT2D eigenvalue weighted by atomic mass is 35.5. The molecule has 2 nitrogen and oxygen atoms in total. The quantitative estimate of drug-likeness (QED) is 0.525. The number of hydrogen-bond donors (Lipinski definition) is 0. The lowest BCUT2D eigenvalue weighted by Crippen LogP contribution is -2.31. The summed E-state index contributed by atoms with van der Waals surface area (Å²) < 4.78 is 0. The van der Waals surface area contributed by atoms with Crippen molar-refractivity contribution < 1.29 is 4.79 Å². The minimum absolute atomic E-state index is 0.336. The van der Waals surface area contributed by atoms with Gasteiger partial charge in [0.05, 0.1) is 0 Å². The third-order valence-corrected chi connectivity index (χ3v) is 4.01. The lowest BCUT2D eigenvalue weighted by Gasteiger charge is -2.23. The molecule has 0 bridgehead atoms. The zero-order valence-electron chi connectivity index (χ0n) is 11.3. The molecule has 0 radical (unpaired) electrons. The smallest absolute Gasteiger partial charge is 0.222 e. The Labute approximate surface area is 111 Å². The zero-order chi connectivity index (χ0) is 12.7. The van der Waals surface area contributed by atoms with Crippen molar-refractivity contribution >= 4 is 17.5 Å². The summed E-state index contributed by atoms with van der Waals surface area (Å²) in [6, 6.07) is 0. The maximum atomic E-state index is 11.9. The predicted octanol–water partition coefficient (Wildman–Crippen LogP) is 3.82. The Morgan fingerprint density at radius 1 is 1.18 bits per heavy atom. The van der Waals surface area contributed by atoms with Gasteiger partial charge in [0.25, 0.3) is 0 Å². The van der Waals surface area contributed by atoms with Crippen LogP contribution in [0.3, 0.4) is 0 Å². The van der Waals surface area contributed by atoms with Gasteiger partial charge in [0, 0.05) is 25.4 Å². The van der Waals surface area contributed by atoms with Crippen molar-refractivity contribution in [3.05, 3.63) is 0 Å². The molecule has 17 heavy (non-hydrogen) atoms. The van der Waals surface area contributed by atoms with Crippen LogP contribution in [0.2, 0.25) is 0 Å². The normalized spacial score (nSPS) is 20.4. The molecule has 0 spiro atoms. The highest BCUT2D eigenvalue weighted by molar-refractivity contribution is 6.17. The summed E-state index contributed by atoms with van der Waals surface area (Å²) in [6.07, 6.45) is 7.52. The Balaban J connectivity index is 2.25. The summed E-state index contributed by atoms with van der Waals surface area (Å²) >= 11 is 5.64. The van der Waals surface area contributed by atoms with Crippen molar-refractivity contribution in [3.63, 3.8) is 0 Å². The minimum atomic E-state index is 0.336. The van der Waals surface area contributed by atoms with E-state index in [4.69, 9.17) is 11.6 Å². The molecule has 100 valence electrons. The first-order chi connectivity index (χ1) is 8.05. The van der Waals surface area contributed by atoms with Crippen LogP contribution >= 0.6 is 11.6 Å². The molecule has 1 rings (SSSR count). The first-order valence-corrected chi connectivity index (χ1v) is 7.42. The SMILES string of the molecule is CC1(C)CCC(=O)N(CCCCCCCl)CC1. The summed E-state index contributed by atoms with van der Waals surface area (Å²) in [5.74, 6) is 1.12. The van der Waals surface area contributed by atoms with Crippen LogP contribution in [0.25, 0.3) is 0 Å². The molecular weight excluding hydrogens is 234 g/mol. The summed E-state index contributed by atoms with van der Waals surface area (Å²) in [5.41, 5.74) is 0.336. The average molecular weight is 260 g/mol. The molecule has 1 amide bonds. The van der Waals surface area contributed by atoms with Crippen molar-refractivity contribution in [2.45, 2.75) is 58.8 Å². The first kappa shape index (κ1) is 14.8. The van der Waals surface area contributed by atoms with Crippen molar-refractivity contribution in [2.24, 2.45) is 5.41 Å². The number of nitrogens with zero attached hydrogens (tertiary/aromatic N) is 1. The maximum Gasteiger partial charge on any atom is 0.222 e. The van der Waals surface area contributed by atoms with Crippen molar-refractivity contribution in [1.29, 1.82) is 0 Å². The molecular formula is C14H26ClNO. The molecule has 1 fully saturated rings. The lowest BCUT2D eigenvalue weighted by atomic mass is 9.85. The third-order valence-electron chi connectivity index (χ3n) is 3.74. The van der Waals surface area contributed by atoms with Crippen LogP contribution in [-0.4, -0.2) is 29.8 Å². The van der Waals surface area contributed by atoms with E-state index < -0.39 is 0 Å². The highest BCUT2D eigenvalue weighted by Crippen LogP contribution is 2.30. The summed E-state index contributed by atoms with van der Waals surface area (Å²) in [5, 5.41) is 0. The Morgan fingerprint density at radius 3 is 2.59 bits per heavy atom. The van der Waals surface area contributed by atoms with E-state index in [1.807, 2.05) is 0 Å². The molecule has 0 unspecified atom stereocenters. The first-order valence-electron chi connectivity index (χ1n) is 6.89. The number of halogens is 1. The summed E-state index contributed by atoms with van der Waals surface area (Å²) in [7, 11) is 0. The molecule has 0 aromatic heterocycles. The van der Waals surface area contributed by atoms with Gasteiger partial charge in [0.15, 0.2) is 0 Å². The molecule has 0 aromatic carbocycles. The fourth-order valence-corrected chi connectivity index (χ4v) is 2.47. The predicted molar refractivity (Wildman–Crippen MR) is 73.4 cm³/mol. The molecule has 3 heteroatoms. The van der Waals surface area contributed by atoms with Crippen molar-refractivity contribution in [2.75, 3.05) is 19.0 Å². The molecule has 0 saturated carbocycles. The van der Waals surface area contributed by atoms with Gasteiger partial charge in [-0.05, 0) is 31.1 Å². The monoisotopic (exact) mass is 259 g/mol. The molecule has 0 N–H and O–H groups in total. The Morgan fingerprint density at radius 2 is 1.88 bits per heavy atom. The lowest BCUT2D eigenvalue weighted by molar-refractivity contribution is -0.130. The zero-order valence-corrected chi connectivity index (χ0v) is 12.1. The second kappa shape index (κ2) is 7.25. The van der Waals surface area contributed by atoms with E-state index in [0.717, 1.165) is 51.1 Å². The van der Waals surface area contributed by atoms with Crippen LogP contribution in [0.15, 0.2) is 0 Å². The van der Waals surface area contributed by atoms with E-state index in [1.165, 1.54) is 12.8 Å². The van der Waals surface area contributed by atoms with Gasteiger partial charge in [-0.1, -0.05) is 26.7 Å². The topological polar surface area (TPSA) is 20.3 Å². The van der Waals surface area contributed by atoms with Gasteiger partial charge in [-0.15, -0.1) is 11.6 Å². The number of likely N-dealkylation sites (tertiary alicyclic amines) is 1. The second-order valence-electron chi connectivity index (χ2n) is 5.90. The van der Waals surface area contributed by atoms with Crippen LogP contribution in [0.1, 0.15) is 58.8 Å². The summed E-state index contributed by atoms with van der Waals surface area (Å²) in [4.78, 5) is 14.0. The number of alkyl halides is 1. The van der Waals surface area contributed by atoms with E-state index in [-0.39, 0.29) is 0 Å². The van der Waals surface area contributed by atoms with Gasteiger partial charge in [-0.25, -0.2) is 0 Å². The Bertz CT molecular complexity index is 240. The molecule has 1 saturated heterocycles. The molecule has 0 aliphatic carbocycles. The minimum Gasteiger partial charge on any atom is -0.343 e. The van der Waals surface area contributed by atoms with Gasteiger partial charge in [-0.3, -0.25) is 4.79 Å². The molecule has 1 aliphatic heterocycles. The van der Waals surface area contributed by atoms with Crippen molar-refractivity contribution in [3.8, 4) is 0 Å². The Hall–Kier alpha value is -0.240. The van der Waals surface area contributed by atoms with Gasteiger partial charge in [0.2, 0.25) is 5.91 Å². The van der Waals surface area contributed by atoms with E-state index in [2.05, 4.69) is 18.7 Å². The molecule has 1 heterocycles. The molecule has 1 aliphatic rings. The standard InChI is InChI=1S/C14H26ClNO/c1-14(2)8-7-13(17)16(12-9-14)11-6-4-3-5-10-15/h3-12H2,1-2H3. The number of rotatable bonds is 6. The van der Waals surface area contributed by atoms with Crippen LogP contribution in [0.4, 0.5) is 0 Å². The Kier molecular flexibility index (Phi) is 6.32. The van der Waals surface area contributed by atoms with E-state index in [1.54, 1.807) is 0 Å². The van der Waals surface area contributed by atoms with Crippen LogP contribution < -0.4 is 0 Å². The number of amides is 1. The van der Waals surface area contributed by atoms with Gasteiger partial charge >= 0.3 is 0 Å². The van der Waals surface area contributed by atoms with E-state index >= 15 is 0 Å². The van der Waals surface area contributed by atoms with Crippen LogP contribution in [0, 0.1) is 5.41 Å². The molecule has 0 aromatic rings. The van der Waals surface area contributed by atoms with Crippen LogP contribution in [-0.2, 0) is 4.79 Å². The number of hydrogen-bond acceptors (Lipinski definition) is 1. The number of carbonyl (C=O) groups is 1. The third kappa shape index (κ3) is 5.76. The summed E-state index contributed by atoms with van der Waals surface area (Å²) in [6.45, 7) is 6.42. The van der Waals surface area contributed by atoms with Gasteiger partial charge < -0.3 is 4.90 Å². The fourth-order valence-electron chi connectivity index (χ4n) is 2.28. The highest BCUT2D eigenvalue weighted by Gasteiger charge is 2.26. The number of unbranched alkanes of at least 4 members (excludes halogenated alkanes) is 3. The van der Waals surface area contributed by atoms with E-state index in [0.29, 0.717) is 11.3 Å². The number of carbonyl (C=O) groups excluding carboxylic acids is 1. The maximum absolute atomic E-state index is 11.9. The van der Waals surface area contributed by atoms with Gasteiger partial charge in [-0.2, -0.15) is 0 Å². The van der Waals surface area contributed by atoms with Gasteiger partial charge in [0.1, 0.15) is 0 Å². The second-order valence-corrected chi connectivity index (χ2v) is 6.28. The van der Waals surface area contributed by atoms with Crippen LogP contribution in [0.5, 0.6) is 0 Å². The molecule has 0 atom stereocenters.